The van der Waals surface area contributed by atoms with Crippen molar-refractivity contribution in [2.75, 3.05) is 13.7 Å². The van der Waals surface area contributed by atoms with E-state index in [2.05, 4.69) is 10.0 Å². The molecule has 1 amide bonds. The monoisotopic (exact) mass is 522 g/mol. The second-order valence-corrected chi connectivity index (χ2v) is 11.6. The van der Waals surface area contributed by atoms with E-state index >= 15 is 0 Å². The Labute approximate surface area is 214 Å². The first-order chi connectivity index (χ1) is 16.8. The Bertz CT molecular complexity index is 1050. The van der Waals surface area contributed by atoms with E-state index in [4.69, 9.17) is 14.2 Å². The number of ether oxygens (including phenoxy) is 3. The average molecular weight is 523 g/mol. The fraction of sp³-hybridized carbons (Fsp3) is 0.500. The van der Waals surface area contributed by atoms with Gasteiger partial charge in [-0.25, -0.2) is 13.2 Å². The quantitative estimate of drug-likeness (QED) is 0.365. The standard InChI is InChI=1S/C26H38N2O7S/c1-18(2)17-34-24(28-36(31,32)21-14-12-20(33-6)13-15-21)23(29)22(16-19-10-8-7-9-11-19)27-25(30)35-26(3,4)5/h7-15,18,22-24,28-29H,16-17H2,1-6H3,(H,27,30)/t22-,23+,24?/m0/s1. The van der Waals surface area contributed by atoms with Crippen molar-refractivity contribution in [2.24, 2.45) is 5.92 Å². The molecule has 9 nitrogen and oxygen atoms in total. The van der Waals surface area contributed by atoms with Crippen LogP contribution >= 0.6 is 0 Å². The zero-order chi connectivity index (χ0) is 26.9. The third-order valence-electron chi connectivity index (χ3n) is 4.97. The summed E-state index contributed by atoms with van der Waals surface area (Å²) in [5, 5.41) is 14.0. The van der Waals surface area contributed by atoms with Crippen LogP contribution in [0.3, 0.4) is 0 Å². The van der Waals surface area contributed by atoms with E-state index in [0.717, 1.165) is 5.56 Å². The molecule has 3 N–H and O–H groups in total. The van der Waals surface area contributed by atoms with Gasteiger partial charge in [0.15, 0.2) is 0 Å². The van der Waals surface area contributed by atoms with E-state index in [1.807, 2.05) is 44.2 Å². The second kappa shape index (κ2) is 13.0. The van der Waals surface area contributed by atoms with Crippen molar-refractivity contribution in [3.8, 4) is 5.75 Å². The van der Waals surface area contributed by atoms with Gasteiger partial charge >= 0.3 is 6.09 Å². The number of alkyl carbamates (subject to hydrolysis) is 1. The minimum absolute atomic E-state index is 0.0200. The number of methoxy groups -OCH3 is 1. The second-order valence-electron chi connectivity index (χ2n) is 9.88. The van der Waals surface area contributed by atoms with Gasteiger partial charge in [-0.3, -0.25) is 0 Å². The Morgan fingerprint density at radius 2 is 1.64 bits per heavy atom. The summed E-state index contributed by atoms with van der Waals surface area (Å²) in [5.41, 5.74) is 0.0776. The van der Waals surface area contributed by atoms with Gasteiger partial charge in [-0.1, -0.05) is 44.2 Å². The van der Waals surface area contributed by atoms with Crippen LogP contribution in [-0.2, 0) is 25.9 Å². The van der Waals surface area contributed by atoms with Crippen molar-refractivity contribution in [3.05, 3.63) is 60.2 Å². The number of rotatable bonds is 12. The first-order valence-corrected chi connectivity index (χ1v) is 13.3. The van der Waals surface area contributed by atoms with E-state index in [-0.39, 0.29) is 23.8 Å². The van der Waals surface area contributed by atoms with Crippen LogP contribution in [0, 0.1) is 5.92 Å². The van der Waals surface area contributed by atoms with Crippen molar-refractivity contribution < 1.29 is 32.5 Å². The summed E-state index contributed by atoms with van der Waals surface area (Å²) < 4.78 is 45.0. The minimum atomic E-state index is -4.08. The van der Waals surface area contributed by atoms with E-state index in [1.165, 1.54) is 31.4 Å². The van der Waals surface area contributed by atoms with Gasteiger partial charge in [0.1, 0.15) is 23.7 Å². The topological polar surface area (TPSA) is 123 Å². The van der Waals surface area contributed by atoms with Crippen molar-refractivity contribution in [1.29, 1.82) is 0 Å². The third-order valence-corrected chi connectivity index (χ3v) is 6.41. The van der Waals surface area contributed by atoms with Crippen LogP contribution in [0.5, 0.6) is 5.75 Å². The molecule has 0 saturated carbocycles. The molecule has 0 spiro atoms. The minimum Gasteiger partial charge on any atom is -0.497 e. The van der Waals surface area contributed by atoms with Crippen LogP contribution in [0.4, 0.5) is 4.79 Å². The third kappa shape index (κ3) is 9.77. The van der Waals surface area contributed by atoms with Crippen LogP contribution in [-0.4, -0.2) is 57.3 Å². The molecule has 0 heterocycles. The molecule has 0 fully saturated rings. The molecule has 36 heavy (non-hydrogen) atoms. The molecule has 0 aliphatic heterocycles. The zero-order valence-electron chi connectivity index (χ0n) is 21.7. The van der Waals surface area contributed by atoms with Crippen molar-refractivity contribution in [1.82, 2.24) is 10.0 Å². The number of sulfonamides is 1. The van der Waals surface area contributed by atoms with Gasteiger partial charge in [0.05, 0.1) is 24.7 Å². The van der Waals surface area contributed by atoms with Gasteiger partial charge in [-0.15, -0.1) is 0 Å². The number of aliphatic hydroxyl groups excluding tert-OH is 1. The zero-order valence-corrected chi connectivity index (χ0v) is 22.5. The summed E-state index contributed by atoms with van der Waals surface area (Å²) in [5.74, 6) is 0.572. The summed E-state index contributed by atoms with van der Waals surface area (Å²) in [6, 6.07) is 14.2. The Hall–Kier alpha value is -2.66. The number of hydrogen-bond donors (Lipinski definition) is 3. The van der Waals surface area contributed by atoms with Crippen molar-refractivity contribution >= 4 is 16.1 Å². The summed E-state index contributed by atoms with van der Waals surface area (Å²) in [7, 11) is -2.59. The van der Waals surface area contributed by atoms with Crippen LogP contribution in [0.25, 0.3) is 0 Å². The van der Waals surface area contributed by atoms with E-state index in [0.29, 0.717) is 5.75 Å². The number of carbonyl (C=O) groups excluding carboxylic acids is 1. The fourth-order valence-corrected chi connectivity index (χ4v) is 4.41. The largest absolute Gasteiger partial charge is 0.497 e. The fourth-order valence-electron chi connectivity index (χ4n) is 3.27. The molecular weight excluding hydrogens is 484 g/mol. The predicted molar refractivity (Wildman–Crippen MR) is 137 cm³/mol. The predicted octanol–water partition coefficient (Wildman–Crippen LogP) is 3.47. The lowest BCUT2D eigenvalue weighted by Gasteiger charge is -2.32. The van der Waals surface area contributed by atoms with Gasteiger partial charge in [-0.05, 0) is 62.9 Å². The maximum Gasteiger partial charge on any atom is 0.407 e. The Morgan fingerprint density at radius 1 is 1.03 bits per heavy atom. The molecule has 0 aromatic heterocycles. The van der Waals surface area contributed by atoms with Gasteiger partial charge in [0, 0.05) is 0 Å². The molecule has 0 radical (unpaired) electrons. The SMILES string of the molecule is COc1ccc(S(=O)(=O)NC(OCC(C)C)[C@H](O)[C@H](Cc2ccccc2)NC(=O)OC(C)(C)C)cc1. The maximum atomic E-state index is 13.1. The van der Waals surface area contributed by atoms with Crippen LogP contribution < -0.4 is 14.8 Å². The Kier molecular flexibility index (Phi) is 10.7. The lowest BCUT2D eigenvalue weighted by molar-refractivity contribution is -0.0660. The van der Waals surface area contributed by atoms with Gasteiger partial charge in [-0.2, -0.15) is 4.72 Å². The summed E-state index contributed by atoms with van der Waals surface area (Å²) in [6.45, 7) is 9.17. The molecule has 10 heteroatoms. The highest BCUT2D eigenvalue weighted by molar-refractivity contribution is 7.89. The molecule has 200 valence electrons. The molecule has 3 atom stereocenters. The molecule has 0 saturated heterocycles. The Balaban J connectivity index is 2.34. The molecule has 2 aromatic carbocycles. The summed E-state index contributed by atoms with van der Waals surface area (Å²) in [4.78, 5) is 12.6. The normalized spacial score (nSPS) is 14.7. The van der Waals surface area contributed by atoms with Gasteiger partial charge in [0.25, 0.3) is 0 Å². The van der Waals surface area contributed by atoms with Crippen LogP contribution in [0.1, 0.15) is 40.2 Å². The highest BCUT2D eigenvalue weighted by Gasteiger charge is 2.34. The van der Waals surface area contributed by atoms with E-state index in [9.17, 15) is 18.3 Å². The van der Waals surface area contributed by atoms with Crippen molar-refractivity contribution in [3.63, 3.8) is 0 Å². The van der Waals surface area contributed by atoms with Crippen molar-refractivity contribution in [2.45, 2.75) is 69.9 Å². The first-order valence-electron chi connectivity index (χ1n) is 11.8. The van der Waals surface area contributed by atoms with Gasteiger partial charge in [0.2, 0.25) is 10.0 Å². The van der Waals surface area contributed by atoms with Crippen LogP contribution in [0.15, 0.2) is 59.5 Å². The summed E-state index contributed by atoms with van der Waals surface area (Å²) in [6.07, 6.45) is -3.30. The molecule has 0 aliphatic carbocycles. The highest BCUT2D eigenvalue weighted by atomic mass is 32.2. The molecule has 0 aliphatic rings. The highest BCUT2D eigenvalue weighted by Crippen LogP contribution is 2.18. The van der Waals surface area contributed by atoms with Crippen LogP contribution in [0.2, 0.25) is 0 Å². The molecule has 0 bridgehead atoms. The number of benzene rings is 2. The van der Waals surface area contributed by atoms with E-state index in [1.54, 1.807) is 20.8 Å². The molecule has 2 aromatic rings. The molecular formula is C26H38N2O7S. The number of amides is 1. The average Bonchev–Trinajstić information content (AvgIpc) is 2.80. The number of carbonyl (C=O) groups is 1. The number of nitrogens with one attached hydrogen (secondary N) is 2. The van der Waals surface area contributed by atoms with E-state index < -0.39 is 40.1 Å². The lowest BCUT2D eigenvalue weighted by atomic mass is 10.0. The maximum absolute atomic E-state index is 13.1. The molecule has 1 unspecified atom stereocenters. The number of aliphatic hydroxyl groups is 1. The first kappa shape index (κ1) is 29.6. The summed E-state index contributed by atoms with van der Waals surface area (Å²) >= 11 is 0. The lowest BCUT2D eigenvalue weighted by Crippen LogP contribution is -2.56. The number of hydrogen-bond acceptors (Lipinski definition) is 7. The molecule has 2 rings (SSSR count). The Morgan fingerprint density at radius 3 is 2.17 bits per heavy atom. The smallest absolute Gasteiger partial charge is 0.407 e. The van der Waals surface area contributed by atoms with Gasteiger partial charge < -0.3 is 24.6 Å².